The Hall–Kier alpha value is -2.98. The normalized spacial score (nSPS) is 12.8. The van der Waals surface area contributed by atoms with Gasteiger partial charge < -0.3 is 15.0 Å². The van der Waals surface area contributed by atoms with E-state index < -0.39 is 28.5 Å². The van der Waals surface area contributed by atoms with Gasteiger partial charge in [-0.3, -0.25) is 13.9 Å². The Bertz CT molecular complexity index is 1530. The van der Waals surface area contributed by atoms with Gasteiger partial charge in [0, 0.05) is 12.6 Å². The third-order valence-corrected chi connectivity index (χ3v) is 9.64. The number of nitrogens with zero attached hydrogens (tertiary/aromatic N) is 2. The molecule has 42 heavy (non-hydrogen) atoms. The average molecular weight is 655 g/mol. The molecule has 0 fully saturated rings. The van der Waals surface area contributed by atoms with Crippen LogP contribution in [0.4, 0.5) is 5.69 Å². The van der Waals surface area contributed by atoms with Crippen molar-refractivity contribution in [2.24, 2.45) is 0 Å². The van der Waals surface area contributed by atoms with Gasteiger partial charge in [0.2, 0.25) is 11.8 Å². The molecule has 0 aromatic heterocycles. The van der Waals surface area contributed by atoms with E-state index in [1.165, 1.54) is 42.3 Å². The molecule has 8 nitrogen and oxygen atoms in total. The van der Waals surface area contributed by atoms with Gasteiger partial charge in [0.25, 0.3) is 10.0 Å². The molecule has 0 saturated heterocycles. The minimum absolute atomic E-state index is 0.00793. The molecule has 2 atom stereocenters. The SMILES string of the molecule is CC[C@H](C)NC(=O)[C@@H](C)N(Cc1ccc(Cl)c(Cl)c1)C(=O)CN(c1ccc(OC)c(Cl)c1)S(=O)(=O)c1ccc(C)cc1. The Morgan fingerprint density at radius 1 is 0.929 bits per heavy atom. The summed E-state index contributed by atoms with van der Waals surface area (Å²) in [4.78, 5) is 28.5. The molecular weight excluding hydrogens is 621 g/mol. The summed E-state index contributed by atoms with van der Waals surface area (Å²) in [6, 6.07) is 14.6. The largest absolute Gasteiger partial charge is 0.495 e. The molecule has 226 valence electrons. The van der Waals surface area contributed by atoms with Crippen LogP contribution in [0, 0.1) is 6.92 Å². The van der Waals surface area contributed by atoms with Gasteiger partial charge in [-0.05, 0) is 75.2 Å². The number of anilines is 1. The number of methoxy groups -OCH3 is 1. The fourth-order valence-electron chi connectivity index (χ4n) is 4.06. The molecule has 0 radical (unpaired) electrons. The standard InChI is InChI=1S/C30H34Cl3N3O5S/c1-6-20(3)34-30(38)21(4)35(17-22-9-13-25(31)26(32)15-22)29(37)18-36(23-10-14-28(41-5)27(33)16-23)42(39,40)24-11-7-19(2)8-12-24/h7-16,20-21H,6,17-18H2,1-5H3,(H,34,38)/t20-,21+/m0/s1. The Kier molecular flexibility index (Phi) is 11.5. The van der Waals surface area contributed by atoms with Gasteiger partial charge in [0.1, 0.15) is 18.3 Å². The Morgan fingerprint density at radius 2 is 1.60 bits per heavy atom. The number of aryl methyl sites for hydroxylation is 1. The number of ether oxygens (including phenoxy) is 1. The van der Waals surface area contributed by atoms with Crippen LogP contribution >= 0.6 is 34.8 Å². The van der Waals surface area contributed by atoms with Crippen molar-refractivity contribution in [3.8, 4) is 5.75 Å². The van der Waals surface area contributed by atoms with Crippen LogP contribution in [-0.4, -0.2) is 50.9 Å². The zero-order valence-corrected chi connectivity index (χ0v) is 27.1. The van der Waals surface area contributed by atoms with Gasteiger partial charge in [-0.1, -0.05) is 65.5 Å². The molecule has 0 heterocycles. The first-order valence-corrected chi connectivity index (χ1v) is 15.8. The Labute approximate surface area is 262 Å². The lowest BCUT2D eigenvalue weighted by atomic mass is 10.1. The number of carbonyl (C=O) groups is 2. The highest BCUT2D eigenvalue weighted by Crippen LogP contribution is 2.32. The van der Waals surface area contributed by atoms with E-state index in [9.17, 15) is 18.0 Å². The van der Waals surface area contributed by atoms with E-state index in [0.29, 0.717) is 22.8 Å². The highest BCUT2D eigenvalue weighted by molar-refractivity contribution is 7.92. The minimum Gasteiger partial charge on any atom is -0.495 e. The predicted molar refractivity (Wildman–Crippen MR) is 168 cm³/mol. The second-order valence-electron chi connectivity index (χ2n) is 9.91. The summed E-state index contributed by atoms with van der Waals surface area (Å²) in [7, 11) is -2.80. The summed E-state index contributed by atoms with van der Waals surface area (Å²) in [5, 5.41) is 3.69. The number of benzene rings is 3. The summed E-state index contributed by atoms with van der Waals surface area (Å²) in [5.41, 5.74) is 1.64. The molecule has 0 bridgehead atoms. The van der Waals surface area contributed by atoms with Crippen LogP contribution in [0.15, 0.2) is 65.6 Å². The van der Waals surface area contributed by atoms with Crippen molar-refractivity contribution in [1.82, 2.24) is 10.2 Å². The fraction of sp³-hybridized carbons (Fsp3) is 0.333. The lowest BCUT2D eigenvalue weighted by molar-refractivity contribution is -0.139. The van der Waals surface area contributed by atoms with Gasteiger partial charge in [-0.25, -0.2) is 8.42 Å². The number of amides is 2. The van der Waals surface area contributed by atoms with Crippen LogP contribution in [0.3, 0.4) is 0 Å². The highest BCUT2D eigenvalue weighted by Gasteiger charge is 2.33. The smallest absolute Gasteiger partial charge is 0.264 e. The van der Waals surface area contributed by atoms with Crippen molar-refractivity contribution >= 4 is 62.3 Å². The first-order chi connectivity index (χ1) is 19.8. The Morgan fingerprint density at radius 3 is 2.17 bits per heavy atom. The molecule has 2 amide bonds. The van der Waals surface area contributed by atoms with Crippen molar-refractivity contribution in [1.29, 1.82) is 0 Å². The van der Waals surface area contributed by atoms with E-state index in [1.54, 1.807) is 37.3 Å². The van der Waals surface area contributed by atoms with Crippen LogP contribution in [0.1, 0.15) is 38.3 Å². The van der Waals surface area contributed by atoms with Crippen LogP contribution in [0.2, 0.25) is 15.1 Å². The lowest BCUT2D eigenvalue weighted by Gasteiger charge is -2.32. The quantitative estimate of drug-likeness (QED) is 0.241. The van der Waals surface area contributed by atoms with Crippen molar-refractivity contribution in [3.63, 3.8) is 0 Å². The third-order valence-electron chi connectivity index (χ3n) is 6.82. The van der Waals surface area contributed by atoms with Gasteiger partial charge in [0.05, 0.1) is 32.8 Å². The monoisotopic (exact) mass is 653 g/mol. The van der Waals surface area contributed by atoms with Crippen LogP contribution in [0.5, 0.6) is 5.75 Å². The van der Waals surface area contributed by atoms with Gasteiger partial charge >= 0.3 is 0 Å². The second-order valence-corrected chi connectivity index (χ2v) is 13.0. The van der Waals surface area contributed by atoms with Gasteiger partial charge in [-0.2, -0.15) is 0 Å². The molecule has 3 aromatic rings. The summed E-state index contributed by atoms with van der Waals surface area (Å²) >= 11 is 18.7. The van der Waals surface area contributed by atoms with Crippen LogP contribution < -0.4 is 14.4 Å². The molecule has 0 aliphatic carbocycles. The maximum atomic E-state index is 14.0. The van der Waals surface area contributed by atoms with Gasteiger partial charge in [-0.15, -0.1) is 0 Å². The zero-order valence-electron chi connectivity index (χ0n) is 24.0. The average Bonchev–Trinajstić information content (AvgIpc) is 2.95. The summed E-state index contributed by atoms with van der Waals surface area (Å²) in [6.07, 6.45) is 0.694. The van der Waals surface area contributed by atoms with Crippen molar-refractivity contribution < 1.29 is 22.7 Å². The van der Waals surface area contributed by atoms with Crippen LogP contribution in [0.25, 0.3) is 0 Å². The number of rotatable bonds is 12. The van der Waals surface area contributed by atoms with E-state index >= 15 is 0 Å². The molecule has 3 rings (SSSR count). The van der Waals surface area contributed by atoms with Crippen LogP contribution in [-0.2, 0) is 26.2 Å². The van der Waals surface area contributed by atoms with E-state index in [1.807, 2.05) is 20.8 Å². The predicted octanol–water partition coefficient (Wildman–Crippen LogP) is 6.49. The molecule has 0 aliphatic rings. The van der Waals surface area contributed by atoms with E-state index in [2.05, 4.69) is 5.32 Å². The van der Waals surface area contributed by atoms with E-state index in [4.69, 9.17) is 39.5 Å². The first kappa shape index (κ1) is 33.5. The molecule has 3 aromatic carbocycles. The van der Waals surface area contributed by atoms with Crippen molar-refractivity contribution in [2.75, 3.05) is 18.0 Å². The lowest BCUT2D eigenvalue weighted by Crippen LogP contribution is -2.52. The molecule has 0 spiro atoms. The molecule has 12 heteroatoms. The Balaban J connectivity index is 2.08. The maximum absolute atomic E-state index is 14.0. The molecule has 1 N–H and O–H groups in total. The third kappa shape index (κ3) is 8.10. The maximum Gasteiger partial charge on any atom is 0.264 e. The molecule has 0 saturated carbocycles. The number of carbonyl (C=O) groups excluding carboxylic acids is 2. The number of nitrogens with one attached hydrogen (secondary N) is 1. The van der Waals surface area contributed by atoms with Crippen molar-refractivity contribution in [3.05, 3.63) is 86.9 Å². The number of halogens is 3. The highest BCUT2D eigenvalue weighted by atomic mass is 35.5. The summed E-state index contributed by atoms with van der Waals surface area (Å²) in [6.45, 7) is 6.60. The number of hydrogen-bond donors (Lipinski definition) is 1. The first-order valence-electron chi connectivity index (χ1n) is 13.2. The topological polar surface area (TPSA) is 96.0 Å². The van der Waals surface area contributed by atoms with Gasteiger partial charge in [0.15, 0.2) is 0 Å². The zero-order chi connectivity index (χ0) is 31.2. The number of hydrogen-bond acceptors (Lipinski definition) is 5. The molecule has 0 unspecified atom stereocenters. The number of sulfonamides is 1. The second kappa shape index (κ2) is 14.5. The molecule has 0 aliphatic heterocycles. The van der Waals surface area contributed by atoms with E-state index in [-0.39, 0.29) is 39.1 Å². The molecular formula is C30H34Cl3N3O5S. The fourth-order valence-corrected chi connectivity index (χ4v) is 6.04. The van der Waals surface area contributed by atoms with E-state index in [0.717, 1.165) is 9.87 Å². The summed E-state index contributed by atoms with van der Waals surface area (Å²) < 4.78 is 34.1. The summed E-state index contributed by atoms with van der Waals surface area (Å²) in [5.74, 6) is -0.648. The van der Waals surface area contributed by atoms with Crippen molar-refractivity contribution in [2.45, 2.75) is 57.6 Å². The minimum atomic E-state index is -4.24.